The maximum Gasteiger partial charge on any atom is 0.268 e. The van der Waals surface area contributed by atoms with Gasteiger partial charge in [-0.1, -0.05) is 11.6 Å². The van der Waals surface area contributed by atoms with Gasteiger partial charge in [0.05, 0.1) is 9.50 Å². The van der Waals surface area contributed by atoms with E-state index in [1.807, 2.05) is 0 Å². The lowest BCUT2D eigenvalue weighted by Gasteiger charge is -1.92. The number of hydrogen-bond donors (Lipinski definition) is 1. The van der Waals surface area contributed by atoms with E-state index in [0.29, 0.717) is 25.6 Å². The van der Waals surface area contributed by atoms with Gasteiger partial charge in [0.15, 0.2) is 11.2 Å². The van der Waals surface area contributed by atoms with Crippen LogP contribution < -0.4 is 0 Å². The summed E-state index contributed by atoms with van der Waals surface area (Å²) in [7, 11) is 0. The van der Waals surface area contributed by atoms with Crippen LogP contribution >= 0.6 is 39.7 Å². The molecule has 0 amide bonds. The minimum absolute atomic E-state index is 0.292. The number of aromatic amines is 1. The van der Waals surface area contributed by atoms with E-state index >= 15 is 0 Å². The van der Waals surface area contributed by atoms with Crippen molar-refractivity contribution >= 4 is 51.0 Å². The molecule has 0 spiro atoms. The fourth-order valence-corrected chi connectivity index (χ4v) is 1.53. The lowest BCUT2D eigenvalue weighted by atomic mass is 10.5. The third-order valence-electron chi connectivity index (χ3n) is 1.35. The molecule has 12 heavy (non-hydrogen) atoms. The van der Waals surface area contributed by atoms with Gasteiger partial charge in [-0.15, -0.1) is 0 Å². The fraction of sp³-hybridized carbons (Fsp3) is 0. The minimum atomic E-state index is 0.292. The van der Waals surface area contributed by atoms with Gasteiger partial charge in [0.2, 0.25) is 0 Å². The molecule has 0 unspecified atom stereocenters. The first-order valence-corrected chi connectivity index (χ1v) is 4.59. The van der Waals surface area contributed by atoms with Crippen molar-refractivity contribution in [1.29, 1.82) is 0 Å². The van der Waals surface area contributed by atoms with Crippen molar-refractivity contribution in [3.05, 3.63) is 20.5 Å². The SMILES string of the molecule is S=c1[nH]c2ncc(Cl)c(Br)c2o1. The number of rotatable bonds is 0. The molecule has 62 valence electrons. The van der Waals surface area contributed by atoms with Crippen molar-refractivity contribution in [2.24, 2.45) is 0 Å². The zero-order valence-electron chi connectivity index (χ0n) is 5.60. The largest absolute Gasteiger partial charge is 0.426 e. The molecule has 0 aliphatic carbocycles. The van der Waals surface area contributed by atoms with Crippen molar-refractivity contribution < 1.29 is 4.42 Å². The standard InChI is InChI=1S/C6H2BrClN2OS/c7-3-2(8)1-9-5-4(3)11-6(12)10-5/h1H,(H,9,10,12). The Kier molecular flexibility index (Phi) is 1.94. The Balaban J connectivity index is 2.99. The van der Waals surface area contributed by atoms with Crippen molar-refractivity contribution in [2.45, 2.75) is 0 Å². The van der Waals surface area contributed by atoms with Crippen LogP contribution in [0, 0.1) is 4.84 Å². The van der Waals surface area contributed by atoms with E-state index in [1.54, 1.807) is 0 Å². The summed E-state index contributed by atoms with van der Waals surface area (Å²) in [5, 5.41) is 0.500. The second-order valence-corrected chi connectivity index (χ2v) is 3.68. The highest BCUT2D eigenvalue weighted by atomic mass is 79.9. The third-order valence-corrected chi connectivity index (χ3v) is 2.83. The molecule has 2 aromatic rings. The zero-order valence-corrected chi connectivity index (χ0v) is 8.76. The van der Waals surface area contributed by atoms with Gasteiger partial charge in [-0.25, -0.2) is 4.98 Å². The first-order valence-electron chi connectivity index (χ1n) is 3.01. The van der Waals surface area contributed by atoms with Crippen LogP contribution in [0.5, 0.6) is 0 Å². The molecular weight excluding hydrogens is 264 g/mol. The van der Waals surface area contributed by atoms with E-state index in [-0.39, 0.29) is 0 Å². The molecule has 2 heterocycles. The number of nitrogens with zero attached hydrogens (tertiary/aromatic N) is 1. The van der Waals surface area contributed by atoms with Crippen molar-refractivity contribution in [2.75, 3.05) is 0 Å². The first-order chi connectivity index (χ1) is 5.68. The number of oxazole rings is 1. The Morgan fingerprint density at radius 1 is 1.67 bits per heavy atom. The fourth-order valence-electron chi connectivity index (χ4n) is 0.846. The quantitative estimate of drug-likeness (QED) is 0.743. The number of hydrogen-bond acceptors (Lipinski definition) is 3. The molecule has 2 rings (SSSR count). The second-order valence-electron chi connectivity index (χ2n) is 2.11. The molecule has 6 heteroatoms. The molecule has 0 saturated heterocycles. The molecule has 1 N–H and O–H groups in total. The molecule has 0 aromatic carbocycles. The minimum Gasteiger partial charge on any atom is -0.426 e. The Hall–Kier alpha value is -0.390. The number of pyridine rings is 1. The van der Waals surface area contributed by atoms with E-state index in [9.17, 15) is 0 Å². The topological polar surface area (TPSA) is 41.8 Å². The van der Waals surface area contributed by atoms with Crippen LogP contribution in [0.3, 0.4) is 0 Å². The number of H-pyrrole nitrogens is 1. The Morgan fingerprint density at radius 3 is 3.17 bits per heavy atom. The van der Waals surface area contributed by atoms with Gasteiger partial charge in [0.1, 0.15) is 0 Å². The first kappa shape index (κ1) is 8.22. The second kappa shape index (κ2) is 2.83. The number of nitrogens with one attached hydrogen (secondary N) is 1. The van der Waals surface area contributed by atoms with E-state index in [0.717, 1.165) is 0 Å². The predicted molar refractivity (Wildman–Crippen MR) is 51.9 cm³/mol. The lowest BCUT2D eigenvalue weighted by Crippen LogP contribution is -1.77. The zero-order chi connectivity index (χ0) is 8.72. The smallest absolute Gasteiger partial charge is 0.268 e. The molecule has 0 aliphatic rings. The molecule has 3 nitrogen and oxygen atoms in total. The molecule has 0 aliphatic heterocycles. The van der Waals surface area contributed by atoms with E-state index in [1.165, 1.54) is 6.20 Å². The molecule has 0 saturated carbocycles. The Morgan fingerprint density at radius 2 is 2.42 bits per heavy atom. The van der Waals surface area contributed by atoms with Gasteiger partial charge >= 0.3 is 0 Å². The van der Waals surface area contributed by atoms with Crippen molar-refractivity contribution in [3.63, 3.8) is 0 Å². The van der Waals surface area contributed by atoms with Gasteiger partial charge in [-0.3, -0.25) is 4.98 Å². The molecule has 0 radical (unpaired) electrons. The third kappa shape index (κ3) is 1.18. The lowest BCUT2D eigenvalue weighted by molar-refractivity contribution is 0.581. The van der Waals surface area contributed by atoms with E-state index in [2.05, 4.69) is 25.9 Å². The van der Waals surface area contributed by atoms with Crippen LogP contribution in [0.4, 0.5) is 0 Å². The van der Waals surface area contributed by atoms with Crippen molar-refractivity contribution in [1.82, 2.24) is 9.97 Å². The summed E-state index contributed by atoms with van der Waals surface area (Å²) in [4.78, 5) is 7.05. The van der Waals surface area contributed by atoms with E-state index < -0.39 is 0 Å². The summed E-state index contributed by atoms with van der Waals surface area (Å²) in [6, 6.07) is 0. The Labute approximate surface area is 85.9 Å². The highest BCUT2D eigenvalue weighted by Gasteiger charge is 2.07. The molecule has 2 aromatic heterocycles. The molecule has 0 bridgehead atoms. The van der Waals surface area contributed by atoms with Gasteiger partial charge < -0.3 is 4.42 Å². The average Bonchev–Trinajstić information content (AvgIpc) is 2.39. The summed E-state index contributed by atoms with van der Waals surface area (Å²) in [5.74, 6) is 0. The number of fused-ring (bicyclic) bond motifs is 1. The summed E-state index contributed by atoms with van der Waals surface area (Å²) >= 11 is 13.8. The van der Waals surface area contributed by atoms with Crippen LogP contribution in [0.15, 0.2) is 15.1 Å². The normalized spacial score (nSPS) is 10.8. The predicted octanol–water partition coefficient (Wildman–Crippen LogP) is 3.30. The molecular formula is C6H2BrClN2OS. The van der Waals surface area contributed by atoms with Gasteiger partial charge in [0.25, 0.3) is 4.84 Å². The van der Waals surface area contributed by atoms with Gasteiger partial charge in [0, 0.05) is 6.20 Å². The molecule has 0 atom stereocenters. The van der Waals surface area contributed by atoms with Crippen LogP contribution in [-0.4, -0.2) is 9.97 Å². The highest BCUT2D eigenvalue weighted by Crippen LogP contribution is 2.28. The van der Waals surface area contributed by atoms with Crippen LogP contribution in [0.1, 0.15) is 0 Å². The van der Waals surface area contributed by atoms with Crippen LogP contribution in [-0.2, 0) is 0 Å². The summed E-state index contributed by atoms with van der Waals surface area (Å²) in [6.45, 7) is 0. The van der Waals surface area contributed by atoms with Gasteiger partial charge in [-0.05, 0) is 28.1 Å². The maximum atomic E-state index is 5.78. The molecule has 0 fully saturated rings. The van der Waals surface area contributed by atoms with Crippen LogP contribution in [0.25, 0.3) is 11.2 Å². The number of aromatic nitrogens is 2. The monoisotopic (exact) mass is 264 g/mol. The maximum absolute atomic E-state index is 5.78. The summed E-state index contributed by atoms with van der Waals surface area (Å²) < 4.78 is 5.81. The summed E-state index contributed by atoms with van der Waals surface area (Å²) in [6.07, 6.45) is 1.52. The average molecular weight is 266 g/mol. The van der Waals surface area contributed by atoms with Crippen LogP contribution in [0.2, 0.25) is 5.02 Å². The summed E-state index contributed by atoms with van der Waals surface area (Å²) in [5.41, 5.74) is 1.14. The van der Waals surface area contributed by atoms with Gasteiger partial charge in [-0.2, -0.15) is 0 Å². The Bertz CT molecular complexity index is 492. The highest BCUT2D eigenvalue weighted by molar-refractivity contribution is 9.10. The number of halogens is 2. The van der Waals surface area contributed by atoms with Crippen molar-refractivity contribution in [3.8, 4) is 0 Å². The van der Waals surface area contributed by atoms with E-state index in [4.69, 9.17) is 28.2 Å².